The Morgan fingerprint density at radius 3 is 2.00 bits per heavy atom. The van der Waals surface area contributed by atoms with Gasteiger partial charge in [-0.25, -0.2) is 0 Å². The summed E-state index contributed by atoms with van der Waals surface area (Å²) < 4.78 is 0. The zero-order valence-corrected chi connectivity index (χ0v) is 8.29. The molecule has 0 atom stereocenters. The molecular formula is C9H12BrN. The van der Waals surface area contributed by atoms with Crippen molar-refractivity contribution in [3.63, 3.8) is 0 Å². The van der Waals surface area contributed by atoms with Gasteiger partial charge in [0, 0.05) is 13.1 Å². The molecule has 1 heterocycles. The summed E-state index contributed by atoms with van der Waals surface area (Å²) in [5, 5.41) is 0. The van der Waals surface area contributed by atoms with Crippen LogP contribution in [0.5, 0.6) is 0 Å². The monoisotopic (exact) mass is 213 g/mol. The molecule has 0 fully saturated rings. The minimum atomic E-state index is 0. The molecule has 11 heavy (non-hydrogen) atoms. The zero-order chi connectivity index (χ0) is 6.97. The van der Waals surface area contributed by atoms with Crippen LogP contribution in [-0.2, 0) is 13.1 Å². The zero-order valence-electron chi connectivity index (χ0n) is 6.58. The van der Waals surface area contributed by atoms with Gasteiger partial charge in [0.25, 0.3) is 0 Å². The number of halogens is 1. The first-order chi connectivity index (χ1) is 4.86. The molecule has 0 unspecified atom stereocenters. The van der Waals surface area contributed by atoms with E-state index < -0.39 is 0 Å². The summed E-state index contributed by atoms with van der Waals surface area (Å²) in [7, 11) is 2.15. The lowest BCUT2D eigenvalue weighted by Crippen LogP contribution is -2.07. The molecular weight excluding hydrogens is 202 g/mol. The van der Waals surface area contributed by atoms with Gasteiger partial charge in [-0.3, -0.25) is 4.90 Å². The molecule has 1 nitrogen and oxygen atoms in total. The molecule has 2 rings (SSSR count). The van der Waals surface area contributed by atoms with Crippen LogP contribution < -0.4 is 0 Å². The molecule has 60 valence electrons. The van der Waals surface area contributed by atoms with E-state index in [9.17, 15) is 0 Å². The Balaban J connectivity index is 0.000000605. The van der Waals surface area contributed by atoms with E-state index >= 15 is 0 Å². The molecule has 2 heteroatoms. The van der Waals surface area contributed by atoms with Crippen molar-refractivity contribution >= 4 is 17.0 Å². The molecule has 0 radical (unpaired) electrons. The number of hydrogen-bond donors (Lipinski definition) is 0. The predicted molar refractivity (Wildman–Crippen MR) is 51.9 cm³/mol. The quantitative estimate of drug-likeness (QED) is 0.640. The third kappa shape index (κ3) is 1.63. The Morgan fingerprint density at radius 2 is 1.55 bits per heavy atom. The van der Waals surface area contributed by atoms with Crippen molar-refractivity contribution in [2.75, 3.05) is 7.05 Å². The van der Waals surface area contributed by atoms with Crippen LogP contribution in [0.1, 0.15) is 11.1 Å². The lowest BCUT2D eigenvalue weighted by molar-refractivity contribution is 0.353. The van der Waals surface area contributed by atoms with Gasteiger partial charge in [0.2, 0.25) is 0 Å². The lowest BCUT2D eigenvalue weighted by Gasteiger charge is -2.02. The Labute approximate surface area is 77.8 Å². The molecule has 1 aromatic rings. The molecule has 0 amide bonds. The highest BCUT2D eigenvalue weighted by atomic mass is 79.9. The first-order valence-corrected chi connectivity index (χ1v) is 3.61. The third-order valence-corrected chi connectivity index (χ3v) is 2.00. The van der Waals surface area contributed by atoms with Crippen LogP contribution in [0, 0.1) is 0 Å². The second kappa shape index (κ2) is 3.37. The van der Waals surface area contributed by atoms with E-state index in [-0.39, 0.29) is 17.0 Å². The van der Waals surface area contributed by atoms with Crippen molar-refractivity contribution < 1.29 is 0 Å². The van der Waals surface area contributed by atoms with E-state index in [0.717, 1.165) is 13.1 Å². The number of nitrogens with zero attached hydrogens (tertiary/aromatic N) is 1. The summed E-state index contributed by atoms with van der Waals surface area (Å²) in [4.78, 5) is 2.32. The molecule has 0 bridgehead atoms. The summed E-state index contributed by atoms with van der Waals surface area (Å²) in [6.45, 7) is 2.24. The molecule has 1 aliphatic rings. The fraction of sp³-hybridized carbons (Fsp3) is 0.333. The summed E-state index contributed by atoms with van der Waals surface area (Å²) in [5.41, 5.74) is 2.98. The van der Waals surface area contributed by atoms with Crippen LogP contribution in [0.4, 0.5) is 0 Å². The standard InChI is InChI=1S/C9H11N.BrH/c1-10-6-8-4-2-3-5-9(8)7-10;/h2-5H,6-7H2,1H3;1H. The molecule has 0 N–H and O–H groups in total. The third-order valence-electron chi connectivity index (χ3n) is 2.00. The molecule has 1 aliphatic heterocycles. The molecule has 0 aromatic heterocycles. The van der Waals surface area contributed by atoms with Crippen molar-refractivity contribution in [1.82, 2.24) is 4.90 Å². The Hall–Kier alpha value is -0.340. The van der Waals surface area contributed by atoms with Gasteiger partial charge in [-0.2, -0.15) is 0 Å². The first-order valence-electron chi connectivity index (χ1n) is 3.61. The summed E-state index contributed by atoms with van der Waals surface area (Å²) in [6.07, 6.45) is 0. The first kappa shape index (κ1) is 8.75. The van der Waals surface area contributed by atoms with Crippen LogP contribution >= 0.6 is 17.0 Å². The minimum Gasteiger partial charge on any atom is -0.298 e. The van der Waals surface area contributed by atoms with Gasteiger partial charge in [-0.05, 0) is 18.2 Å². The Bertz CT molecular complexity index is 222. The SMILES string of the molecule is Br.CN1Cc2ccccc2C1. The number of rotatable bonds is 0. The Morgan fingerprint density at radius 1 is 1.09 bits per heavy atom. The van der Waals surface area contributed by atoms with Crippen LogP contribution in [0.25, 0.3) is 0 Å². The van der Waals surface area contributed by atoms with Gasteiger partial charge in [-0.15, -0.1) is 17.0 Å². The van der Waals surface area contributed by atoms with Crippen molar-refractivity contribution in [2.24, 2.45) is 0 Å². The molecule has 0 spiro atoms. The van der Waals surface area contributed by atoms with Gasteiger partial charge in [0.15, 0.2) is 0 Å². The fourth-order valence-electron chi connectivity index (χ4n) is 1.50. The molecule has 0 saturated carbocycles. The topological polar surface area (TPSA) is 3.24 Å². The normalized spacial score (nSPS) is 15.7. The van der Waals surface area contributed by atoms with E-state index in [1.807, 2.05) is 0 Å². The maximum Gasteiger partial charge on any atom is 0.0237 e. The molecule has 0 saturated heterocycles. The average Bonchev–Trinajstić information content (AvgIpc) is 2.27. The second-order valence-electron chi connectivity index (χ2n) is 2.94. The highest BCUT2D eigenvalue weighted by Gasteiger charge is 2.12. The maximum atomic E-state index is 2.32. The van der Waals surface area contributed by atoms with Crippen LogP contribution in [0.2, 0.25) is 0 Å². The predicted octanol–water partition coefficient (Wildman–Crippen LogP) is 2.21. The fourth-order valence-corrected chi connectivity index (χ4v) is 1.50. The summed E-state index contributed by atoms with van der Waals surface area (Å²) >= 11 is 0. The number of fused-ring (bicyclic) bond motifs is 1. The van der Waals surface area contributed by atoms with Crippen LogP contribution in [0.3, 0.4) is 0 Å². The minimum absolute atomic E-state index is 0. The lowest BCUT2D eigenvalue weighted by atomic mass is 10.1. The van der Waals surface area contributed by atoms with E-state index in [4.69, 9.17) is 0 Å². The highest BCUT2D eigenvalue weighted by Crippen LogP contribution is 2.19. The van der Waals surface area contributed by atoms with Crippen molar-refractivity contribution in [3.8, 4) is 0 Å². The summed E-state index contributed by atoms with van der Waals surface area (Å²) in [5.74, 6) is 0. The second-order valence-corrected chi connectivity index (χ2v) is 2.94. The Kier molecular flexibility index (Phi) is 2.68. The van der Waals surface area contributed by atoms with Gasteiger partial charge in [0.1, 0.15) is 0 Å². The van der Waals surface area contributed by atoms with Crippen molar-refractivity contribution in [2.45, 2.75) is 13.1 Å². The van der Waals surface area contributed by atoms with E-state index in [2.05, 4.69) is 36.2 Å². The van der Waals surface area contributed by atoms with Crippen LogP contribution in [0.15, 0.2) is 24.3 Å². The van der Waals surface area contributed by atoms with Crippen molar-refractivity contribution in [3.05, 3.63) is 35.4 Å². The van der Waals surface area contributed by atoms with Gasteiger partial charge < -0.3 is 0 Å². The molecule has 0 aliphatic carbocycles. The smallest absolute Gasteiger partial charge is 0.0237 e. The number of hydrogen-bond acceptors (Lipinski definition) is 1. The van der Waals surface area contributed by atoms with Crippen molar-refractivity contribution in [1.29, 1.82) is 0 Å². The average molecular weight is 214 g/mol. The van der Waals surface area contributed by atoms with E-state index in [0.29, 0.717) is 0 Å². The van der Waals surface area contributed by atoms with Gasteiger partial charge >= 0.3 is 0 Å². The number of benzene rings is 1. The van der Waals surface area contributed by atoms with Gasteiger partial charge in [-0.1, -0.05) is 24.3 Å². The largest absolute Gasteiger partial charge is 0.298 e. The van der Waals surface area contributed by atoms with Crippen LogP contribution in [-0.4, -0.2) is 11.9 Å². The molecule has 1 aromatic carbocycles. The van der Waals surface area contributed by atoms with Gasteiger partial charge in [0.05, 0.1) is 0 Å². The van der Waals surface area contributed by atoms with E-state index in [1.54, 1.807) is 0 Å². The van der Waals surface area contributed by atoms with E-state index in [1.165, 1.54) is 11.1 Å². The summed E-state index contributed by atoms with van der Waals surface area (Å²) in [6, 6.07) is 8.63. The maximum absolute atomic E-state index is 2.32. The highest BCUT2D eigenvalue weighted by molar-refractivity contribution is 8.93.